The van der Waals surface area contributed by atoms with Crippen LogP contribution in [-0.2, 0) is 4.79 Å². The van der Waals surface area contributed by atoms with Crippen molar-refractivity contribution in [3.8, 4) is 0 Å². The Bertz CT molecular complexity index is 1030. The van der Waals surface area contributed by atoms with Gasteiger partial charge < -0.3 is 15.1 Å². The summed E-state index contributed by atoms with van der Waals surface area (Å²) in [4.78, 5) is 17.4. The molecule has 5 aliphatic rings. The van der Waals surface area contributed by atoms with Gasteiger partial charge in [-0.2, -0.15) is 0 Å². The summed E-state index contributed by atoms with van der Waals surface area (Å²) < 4.78 is 0. The van der Waals surface area contributed by atoms with Gasteiger partial charge in [0.25, 0.3) is 0 Å². The van der Waals surface area contributed by atoms with E-state index in [0.29, 0.717) is 48.6 Å². The van der Waals surface area contributed by atoms with Gasteiger partial charge in [0, 0.05) is 13.5 Å². The maximum absolute atomic E-state index is 13.3. The molecule has 1 amide bonds. The quantitative estimate of drug-likeness (QED) is 0.537. The minimum Gasteiger partial charge on any atom is -0.393 e. The van der Waals surface area contributed by atoms with E-state index in [1.54, 1.807) is 0 Å². The maximum Gasteiger partial charge on any atom is 0.228 e. The third kappa shape index (κ3) is 3.89. The van der Waals surface area contributed by atoms with Gasteiger partial charge in [-0.05, 0) is 116 Å². The molecule has 5 nitrogen and oxygen atoms in total. The van der Waals surface area contributed by atoms with Crippen LogP contribution in [0.4, 0.5) is 11.4 Å². The number of amides is 1. The molecule has 0 aromatic heterocycles. The topological polar surface area (TPSA) is 64.0 Å². The van der Waals surface area contributed by atoms with Gasteiger partial charge >= 0.3 is 0 Å². The van der Waals surface area contributed by atoms with Gasteiger partial charge in [-0.1, -0.05) is 32.9 Å². The molecule has 1 aromatic rings. The molecule has 0 unspecified atom stereocenters. The molecule has 5 heteroatoms. The molecule has 37 heavy (non-hydrogen) atoms. The Labute approximate surface area is 223 Å². The van der Waals surface area contributed by atoms with E-state index in [1.165, 1.54) is 25.7 Å². The Morgan fingerprint density at radius 3 is 2.57 bits per heavy atom. The third-order valence-electron chi connectivity index (χ3n) is 12.6. The lowest BCUT2D eigenvalue weighted by Gasteiger charge is -2.62. The Kier molecular flexibility index (Phi) is 6.42. The molecule has 6 rings (SSSR count). The summed E-state index contributed by atoms with van der Waals surface area (Å²) in [6.07, 6.45) is 9.96. The Morgan fingerprint density at radius 2 is 1.78 bits per heavy atom. The molecule has 0 spiro atoms. The first kappa shape index (κ1) is 25.7. The molecule has 1 aromatic carbocycles. The Balaban J connectivity index is 1.14. The first-order chi connectivity index (χ1) is 17.6. The Hall–Kier alpha value is -1.59. The summed E-state index contributed by atoms with van der Waals surface area (Å²) in [5.74, 6) is 3.64. The van der Waals surface area contributed by atoms with Crippen molar-refractivity contribution in [3.63, 3.8) is 0 Å². The number of anilines is 2. The lowest BCUT2D eigenvalue weighted by Crippen LogP contribution is -2.58. The van der Waals surface area contributed by atoms with Gasteiger partial charge in [0.1, 0.15) is 0 Å². The predicted octanol–water partition coefficient (Wildman–Crippen LogP) is 5.83. The molecule has 0 radical (unpaired) electrons. The number of rotatable bonds is 4. The zero-order valence-electron chi connectivity index (χ0n) is 23.4. The van der Waals surface area contributed by atoms with Gasteiger partial charge in [-0.25, -0.2) is 0 Å². The minimum absolute atomic E-state index is 0.0402. The summed E-state index contributed by atoms with van der Waals surface area (Å²) in [6, 6.07) is 8.19. The molecule has 0 saturated heterocycles. The van der Waals surface area contributed by atoms with Crippen LogP contribution in [0, 0.1) is 46.3 Å². The van der Waals surface area contributed by atoms with E-state index in [0.717, 1.165) is 43.5 Å². The van der Waals surface area contributed by atoms with Gasteiger partial charge in [0.05, 0.1) is 30.3 Å². The fourth-order valence-corrected chi connectivity index (χ4v) is 10.4. The highest BCUT2D eigenvalue weighted by molar-refractivity contribution is 5.99. The number of hydrogen-bond donors (Lipinski definition) is 2. The molecule has 4 saturated carbocycles. The highest BCUT2D eigenvalue weighted by Gasteiger charge is 2.63. The summed E-state index contributed by atoms with van der Waals surface area (Å²) in [7, 11) is 2.05. The predicted molar refractivity (Wildman–Crippen MR) is 148 cm³/mol. The van der Waals surface area contributed by atoms with Crippen LogP contribution < -0.4 is 9.80 Å². The number of benzene rings is 1. The third-order valence-corrected chi connectivity index (χ3v) is 12.6. The van der Waals surface area contributed by atoms with E-state index in [4.69, 9.17) is 0 Å². The van der Waals surface area contributed by atoms with Crippen molar-refractivity contribution in [3.05, 3.63) is 24.3 Å². The van der Waals surface area contributed by atoms with Crippen LogP contribution in [0.2, 0.25) is 0 Å². The summed E-state index contributed by atoms with van der Waals surface area (Å²) in [5, 5.41) is 22.2. The van der Waals surface area contributed by atoms with Crippen molar-refractivity contribution in [2.24, 2.45) is 46.3 Å². The van der Waals surface area contributed by atoms with Crippen LogP contribution in [-0.4, -0.2) is 42.0 Å². The van der Waals surface area contributed by atoms with E-state index >= 15 is 0 Å². The van der Waals surface area contributed by atoms with Crippen molar-refractivity contribution in [1.82, 2.24) is 0 Å². The smallest absolute Gasteiger partial charge is 0.228 e. The fraction of sp³-hybridized carbons (Fsp3) is 0.781. The molecular weight excluding hydrogens is 460 g/mol. The van der Waals surface area contributed by atoms with E-state index in [-0.39, 0.29) is 28.9 Å². The van der Waals surface area contributed by atoms with E-state index in [2.05, 4.69) is 44.9 Å². The summed E-state index contributed by atoms with van der Waals surface area (Å²) >= 11 is 0. The van der Waals surface area contributed by atoms with Gasteiger partial charge in [0.2, 0.25) is 5.91 Å². The molecule has 1 aliphatic heterocycles. The van der Waals surface area contributed by atoms with E-state index in [9.17, 15) is 15.0 Å². The molecule has 10 atom stereocenters. The minimum atomic E-state index is -0.258. The molecule has 4 aliphatic carbocycles. The summed E-state index contributed by atoms with van der Waals surface area (Å²) in [5.41, 5.74) is 2.40. The van der Waals surface area contributed by atoms with Crippen molar-refractivity contribution < 1.29 is 15.0 Å². The molecular formula is C32H48N2O3. The SMILES string of the molecule is C[C@H](CCC(=O)N1CN(C)c2ccccc21)[C@H]1CC[C@H]2[C@@H]3CC[C@@H]4C[C@H](O)CC[C@]4(C)[C@H]3C[C@H](O)[C@]12C. The second-order valence-corrected chi connectivity index (χ2v) is 14.1. The van der Waals surface area contributed by atoms with Gasteiger partial charge in [-0.3, -0.25) is 9.69 Å². The van der Waals surface area contributed by atoms with Crippen LogP contribution >= 0.6 is 0 Å². The lowest BCUT2D eigenvalue weighted by molar-refractivity contribution is -0.174. The van der Waals surface area contributed by atoms with Gasteiger partial charge in [-0.15, -0.1) is 0 Å². The number of nitrogens with zero attached hydrogens (tertiary/aromatic N) is 2. The highest BCUT2D eigenvalue weighted by Crippen LogP contribution is 2.68. The largest absolute Gasteiger partial charge is 0.393 e. The number of hydrogen-bond acceptors (Lipinski definition) is 4. The normalized spacial score (nSPS) is 43.6. The van der Waals surface area contributed by atoms with Crippen molar-refractivity contribution in [2.45, 2.75) is 97.2 Å². The average Bonchev–Trinajstić information content (AvgIpc) is 3.42. The maximum atomic E-state index is 13.3. The fourth-order valence-electron chi connectivity index (χ4n) is 10.4. The van der Waals surface area contributed by atoms with Crippen LogP contribution in [0.5, 0.6) is 0 Å². The highest BCUT2D eigenvalue weighted by atomic mass is 16.3. The van der Waals surface area contributed by atoms with E-state index in [1.807, 2.05) is 17.0 Å². The van der Waals surface area contributed by atoms with Crippen LogP contribution in [0.1, 0.15) is 85.0 Å². The van der Waals surface area contributed by atoms with E-state index < -0.39 is 0 Å². The molecule has 1 heterocycles. The summed E-state index contributed by atoms with van der Waals surface area (Å²) in [6.45, 7) is 7.87. The van der Waals surface area contributed by atoms with Crippen LogP contribution in [0.25, 0.3) is 0 Å². The molecule has 4 fully saturated rings. The number of carbonyl (C=O) groups is 1. The van der Waals surface area contributed by atoms with Crippen molar-refractivity contribution in [2.75, 3.05) is 23.5 Å². The second-order valence-electron chi connectivity index (χ2n) is 14.1. The lowest BCUT2D eigenvalue weighted by atomic mass is 9.43. The zero-order chi connectivity index (χ0) is 26.1. The number of carbonyl (C=O) groups excluding carboxylic acids is 1. The van der Waals surface area contributed by atoms with Gasteiger partial charge in [0.15, 0.2) is 0 Å². The average molecular weight is 509 g/mol. The van der Waals surface area contributed by atoms with Crippen molar-refractivity contribution in [1.29, 1.82) is 0 Å². The van der Waals surface area contributed by atoms with Crippen molar-refractivity contribution >= 4 is 17.3 Å². The number of para-hydroxylation sites is 2. The Morgan fingerprint density at radius 1 is 1.03 bits per heavy atom. The molecule has 0 bridgehead atoms. The van der Waals surface area contributed by atoms with Crippen LogP contribution in [0.15, 0.2) is 24.3 Å². The molecule has 204 valence electrons. The monoisotopic (exact) mass is 508 g/mol. The number of aliphatic hydroxyl groups is 2. The second kappa shape index (κ2) is 9.26. The number of aliphatic hydroxyl groups excluding tert-OH is 2. The van der Waals surface area contributed by atoms with Crippen LogP contribution in [0.3, 0.4) is 0 Å². The first-order valence-corrected chi connectivity index (χ1v) is 15.1. The standard InChI is InChI=1S/C32H48N2O3/c1-20(9-14-30(37)34-19-33(4)27-7-5-6-8-28(27)34)24-12-13-25-23-11-10-21-17-22(35)15-16-31(21,2)26(23)18-29(36)32(24,25)3/h5-8,20-26,29,35-36H,9-19H2,1-4H3/t20-,21-,22-,23+,24-,25+,26+,29+,31+,32-/m1/s1. The zero-order valence-corrected chi connectivity index (χ0v) is 23.4. The number of fused-ring (bicyclic) bond motifs is 6. The molecule has 2 N–H and O–H groups in total. The first-order valence-electron chi connectivity index (χ1n) is 15.1.